The number of hydrogen-bond donors (Lipinski definition) is 1. The summed E-state index contributed by atoms with van der Waals surface area (Å²) < 4.78 is 29.2. The molecule has 3 rings (SSSR count). The van der Waals surface area contributed by atoms with Gasteiger partial charge in [0.2, 0.25) is 0 Å². The summed E-state index contributed by atoms with van der Waals surface area (Å²) in [7, 11) is 1.35. The van der Waals surface area contributed by atoms with Crippen molar-refractivity contribution in [2.24, 2.45) is 7.05 Å². The molecule has 0 unspecified atom stereocenters. The summed E-state index contributed by atoms with van der Waals surface area (Å²) in [5, 5.41) is 17.5. The van der Waals surface area contributed by atoms with Crippen molar-refractivity contribution in [3.8, 4) is 16.3 Å². The van der Waals surface area contributed by atoms with Gasteiger partial charge in [-0.1, -0.05) is 11.3 Å². The minimum Gasteiger partial charge on any atom is -0.503 e. The predicted molar refractivity (Wildman–Crippen MR) is 82.0 cm³/mol. The van der Waals surface area contributed by atoms with Gasteiger partial charge in [0.1, 0.15) is 5.01 Å². The number of nitrogens with zero attached hydrogens (tertiary/aromatic N) is 4. The highest BCUT2D eigenvalue weighted by Crippen LogP contribution is 2.32. The highest BCUT2D eigenvalue weighted by molar-refractivity contribution is 7.14. The first-order chi connectivity index (χ1) is 11.4. The third-order valence-corrected chi connectivity index (χ3v) is 4.27. The molecule has 0 amide bonds. The van der Waals surface area contributed by atoms with Gasteiger partial charge in [0.05, 0.1) is 12.1 Å². The molecule has 2 heterocycles. The second-order valence-electron chi connectivity index (χ2n) is 4.88. The van der Waals surface area contributed by atoms with E-state index in [2.05, 4.69) is 10.2 Å². The van der Waals surface area contributed by atoms with E-state index in [1.54, 1.807) is 0 Å². The zero-order chi connectivity index (χ0) is 17.4. The summed E-state index contributed by atoms with van der Waals surface area (Å²) in [4.78, 5) is 23.3. The van der Waals surface area contributed by atoms with E-state index in [4.69, 9.17) is 0 Å². The molecule has 2 aromatic heterocycles. The fourth-order valence-electron chi connectivity index (χ4n) is 2.01. The third-order valence-electron chi connectivity index (χ3n) is 3.33. The molecule has 10 heteroatoms. The molecular formula is C14H10F2N4O3S. The zero-order valence-electron chi connectivity index (χ0n) is 12.2. The standard InChI is InChI=1S/C14H10F2N4O3S/c1-19-10(21)4-5-20(14(19)23)6-9-17-18-13(24-9)7-2-3-8(15)12(22)11(7)16/h2-5,22H,6H2,1H3. The molecule has 0 atom stereocenters. The van der Waals surface area contributed by atoms with Crippen LogP contribution in [0.4, 0.5) is 8.78 Å². The number of aromatic hydroxyl groups is 1. The van der Waals surface area contributed by atoms with Crippen LogP contribution in [0.15, 0.2) is 34.0 Å². The number of aromatic nitrogens is 4. The van der Waals surface area contributed by atoms with E-state index in [9.17, 15) is 23.5 Å². The van der Waals surface area contributed by atoms with Gasteiger partial charge in [-0.2, -0.15) is 0 Å². The maximum Gasteiger partial charge on any atom is 0.331 e. The molecule has 3 aromatic rings. The molecular weight excluding hydrogens is 342 g/mol. The Morgan fingerprint density at radius 1 is 1.21 bits per heavy atom. The summed E-state index contributed by atoms with van der Waals surface area (Å²) in [5.41, 5.74) is -1.05. The topological polar surface area (TPSA) is 90.0 Å². The number of phenols is 1. The largest absolute Gasteiger partial charge is 0.503 e. The number of phenolic OH excluding ortho intramolecular Hbond substituents is 1. The number of hydrogen-bond acceptors (Lipinski definition) is 6. The normalized spacial score (nSPS) is 11.0. The van der Waals surface area contributed by atoms with Gasteiger partial charge in [-0.25, -0.2) is 13.6 Å². The number of benzene rings is 1. The van der Waals surface area contributed by atoms with Gasteiger partial charge in [0.25, 0.3) is 5.56 Å². The smallest absolute Gasteiger partial charge is 0.331 e. The van der Waals surface area contributed by atoms with Gasteiger partial charge in [0, 0.05) is 19.3 Å². The minimum absolute atomic E-state index is 0.0411. The molecule has 0 saturated carbocycles. The molecule has 0 aliphatic rings. The number of rotatable bonds is 3. The Labute approximate surface area is 137 Å². The Kier molecular flexibility index (Phi) is 3.97. The molecule has 0 spiro atoms. The van der Waals surface area contributed by atoms with Crippen LogP contribution in [0.25, 0.3) is 10.6 Å². The van der Waals surface area contributed by atoms with Crippen molar-refractivity contribution < 1.29 is 13.9 Å². The first kappa shape index (κ1) is 16.0. The molecule has 1 aromatic carbocycles. The first-order valence-corrected chi connectivity index (χ1v) is 7.46. The van der Waals surface area contributed by atoms with Crippen LogP contribution in [0.2, 0.25) is 0 Å². The van der Waals surface area contributed by atoms with E-state index in [1.165, 1.54) is 23.9 Å². The van der Waals surface area contributed by atoms with Gasteiger partial charge < -0.3 is 5.11 Å². The summed E-state index contributed by atoms with van der Waals surface area (Å²) in [5.74, 6) is -3.28. The van der Waals surface area contributed by atoms with Crippen molar-refractivity contribution in [2.75, 3.05) is 0 Å². The summed E-state index contributed by atoms with van der Waals surface area (Å²) in [6, 6.07) is 3.31. The lowest BCUT2D eigenvalue weighted by atomic mass is 10.2. The van der Waals surface area contributed by atoms with Crippen LogP contribution in [0, 0.1) is 11.6 Å². The Bertz CT molecular complexity index is 1040. The van der Waals surface area contributed by atoms with Gasteiger partial charge in [0.15, 0.2) is 22.4 Å². The lowest BCUT2D eigenvalue weighted by molar-refractivity contribution is 0.397. The van der Waals surface area contributed by atoms with E-state index < -0.39 is 28.6 Å². The summed E-state index contributed by atoms with van der Waals surface area (Å²) in [6.07, 6.45) is 1.33. The summed E-state index contributed by atoms with van der Waals surface area (Å²) >= 11 is 0.985. The van der Waals surface area contributed by atoms with Crippen LogP contribution in [-0.2, 0) is 13.6 Å². The molecule has 0 bridgehead atoms. The van der Waals surface area contributed by atoms with Crippen molar-refractivity contribution in [1.82, 2.24) is 19.3 Å². The molecule has 0 saturated heterocycles. The second kappa shape index (κ2) is 5.96. The van der Waals surface area contributed by atoms with Gasteiger partial charge in [-0.3, -0.25) is 13.9 Å². The molecule has 0 aliphatic carbocycles. The number of halogens is 2. The summed E-state index contributed by atoms with van der Waals surface area (Å²) in [6.45, 7) is 0.0411. The van der Waals surface area contributed by atoms with Crippen LogP contribution in [0.3, 0.4) is 0 Å². The predicted octanol–water partition coefficient (Wildman–Crippen LogP) is 1.10. The fourth-order valence-corrected chi connectivity index (χ4v) is 2.87. The Morgan fingerprint density at radius 3 is 2.71 bits per heavy atom. The van der Waals surface area contributed by atoms with Crippen molar-refractivity contribution in [2.45, 2.75) is 6.54 Å². The van der Waals surface area contributed by atoms with Gasteiger partial charge >= 0.3 is 5.69 Å². The Hall–Kier alpha value is -2.88. The van der Waals surface area contributed by atoms with Crippen LogP contribution in [0.5, 0.6) is 5.75 Å². The van der Waals surface area contributed by atoms with Crippen LogP contribution >= 0.6 is 11.3 Å². The first-order valence-electron chi connectivity index (χ1n) is 6.64. The zero-order valence-corrected chi connectivity index (χ0v) is 13.0. The highest BCUT2D eigenvalue weighted by Gasteiger charge is 2.17. The SMILES string of the molecule is Cn1c(=O)ccn(Cc2nnc(-c3ccc(F)c(O)c3F)s2)c1=O. The van der Waals surface area contributed by atoms with Crippen LogP contribution < -0.4 is 11.2 Å². The lowest BCUT2D eigenvalue weighted by Crippen LogP contribution is -2.37. The monoisotopic (exact) mass is 352 g/mol. The quantitative estimate of drug-likeness (QED) is 0.762. The molecule has 0 fully saturated rings. The molecule has 1 N–H and O–H groups in total. The molecule has 0 aliphatic heterocycles. The minimum atomic E-state index is -1.13. The second-order valence-corrected chi connectivity index (χ2v) is 5.94. The van der Waals surface area contributed by atoms with Crippen molar-refractivity contribution in [3.05, 3.63) is 61.9 Å². The average molecular weight is 352 g/mol. The van der Waals surface area contributed by atoms with Gasteiger partial charge in [-0.05, 0) is 12.1 Å². The van der Waals surface area contributed by atoms with Crippen molar-refractivity contribution >= 4 is 11.3 Å². The highest BCUT2D eigenvalue weighted by atomic mass is 32.1. The molecule has 0 radical (unpaired) electrons. The van der Waals surface area contributed by atoms with Crippen LogP contribution in [0.1, 0.15) is 5.01 Å². The van der Waals surface area contributed by atoms with Crippen LogP contribution in [-0.4, -0.2) is 24.4 Å². The lowest BCUT2D eigenvalue weighted by Gasteiger charge is -2.04. The van der Waals surface area contributed by atoms with E-state index in [0.29, 0.717) is 5.01 Å². The van der Waals surface area contributed by atoms with E-state index in [0.717, 1.165) is 28.0 Å². The fraction of sp³-hybridized carbons (Fsp3) is 0.143. The van der Waals surface area contributed by atoms with Crippen molar-refractivity contribution in [3.63, 3.8) is 0 Å². The van der Waals surface area contributed by atoms with Gasteiger partial charge in [-0.15, -0.1) is 10.2 Å². The maximum absolute atomic E-state index is 13.9. The van der Waals surface area contributed by atoms with E-state index in [-0.39, 0.29) is 17.1 Å². The van der Waals surface area contributed by atoms with E-state index >= 15 is 0 Å². The van der Waals surface area contributed by atoms with E-state index in [1.807, 2.05) is 0 Å². The third kappa shape index (κ3) is 2.71. The Balaban J connectivity index is 1.95. The maximum atomic E-state index is 13.9. The molecule has 24 heavy (non-hydrogen) atoms. The molecule has 124 valence electrons. The van der Waals surface area contributed by atoms with Crippen molar-refractivity contribution in [1.29, 1.82) is 0 Å². The average Bonchev–Trinajstić information content (AvgIpc) is 3.02. The molecule has 7 nitrogen and oxygen atoms in total. The Morgan fingerprint density at radius 2 is 1.96 bits per heavy atom.